The van der Waals surface area contributed by atoms with Gasteiger partial charge in [-0.3, -0.25) is 9.78 Å². The SMILES string of the molecule is O=C(c1cccs1)C1CCCN(C(=O)NCCc2ccccn2)C1. The van der Waals surface area contributed by atoms with Gasteiger partial charge in [-0.05, 0) is 36.4 Å². The van der Waals surface area contributed by atoms with E-state index in [9.17, 15) is 9.59 Å². The number of likely N-dealkylation sites (tertiary alicyclic amines) is 1. The molecule has 2 aromatic rings. The van der Waals surface area contributed by atoms with Crippen LogP contribution in [-0.2, 0) is 6.42 Å². The molecule has 126 valence electrons. The number of piperidine rings is 1. The van der Waals surface area contributed by atoms with E-state index in [4.69, 9.17) is 0 Å². The Labute approximate surface area is 145 Å². The number of nitrogens with zero attached hydrogens (tertiary/aromatic N) is 2. The first-order valence-electron chi connectivity index (χ1n) is 8.24. The second-order valence-electron chi connectivity index (χ2n) is 5.93. The fourth-order valence-electron chi connectivity index (χ4n) is 2.95. The summed E-state index contributed by atoms with van der Waals surface area (Å²) in [5.41, 5.74) is 0.960. The molecule has 0 spiro atoms. The highest BCUT2D eigenvalue weighted by atomic mass is 32.1. The maximum absolute atomic E-state index is 12.5. The molecule has 5 nitrogen and oxygen atoms in total. The highest BCUT2D eigenvalue weighted by molar-refractivity contribution is 7.12. The smallest absolute Gasteiger partial charge is 0.317 e. The number of pyridine rings is 1. The Morgan fingerprint density at radius 2 is 2.21 bits per heavy atom. The van der Waals surface area contributed by atoms with Crippen LogP contribution in [-0.4, -0.2) is 41.3 Å². The minimum Gasteiger partial charge on any atom is -0.338 e. The number of hydrogen-bond donors (Lipinski definition) is 1. The number of carbonyl (C=O) groups is 2. The van der Waals surface area contributed by atoms with Gasteiger partial charge in [0.1, 0.15) is 0 Å². The summed E-state index contributed by atoms with van der Waals surface area (Å²) in [5.74, 6) is 0.0786. The molecule has 0 radical (unpaired) electrons. The summed E-state index contributed by atoms with van der Waals surface area (Å²) in [4.78, 5) is 31.6. The fraction of sp³-hybridized carbons (Fsp3) is 0.389. The summed E-state index contributed by atoms with van der Waals surface area (Å²) in [7, 11) is 0. The van der Waals surface area contributed by atoms with Crippen molar-refractivity contribution in [2.75, 3.05) is 19.6 Å². The Balaban J connectivity index is 1.49. The average Bonchev–Trinajstić information content (AvgIpc) is 3.16. The quantitative estimate of drug-likeness (QED) is 0.849. The Morgan fingerprint density at radius 3 is 2.96 bits per heavy atom. The molecule has 1 aliphatic heterocycles. The van der Waals surface area contributed by atoms with Gasteiger partial charge in [0, 0.05) is 43.9 Å². The first kappa shape index (κ1) is 16.6. The molecule has 0 aliphatic carbocycles. The molecule has 0 bridgehead atoms. The van der Waals surface area contributed by atoms with Gasteiger partial charge in [0.15, 0.2) is 5.78 Å². The van der Waals surface area contributed by atoms with Crippen LogP contribution in [0.15, 0.2) is 41.9 Å². The van der Waals surface area contributed by atoms with Gasteiger partial charge < -0.3 is 10.2 Å². The highest BCUT2D eigenvalue weighted by Crippen LogP contribution is 2.23. The fourth-order valence-corrected chi connectivity index (χ4v) is 3.69. The van der Waals surface area contributed by atoms with Crippen LogP contribution in [0.3, 0.4) is 0 Å². The number of amides is 2. The summed E-state index contributed by atoms with van der Waals surface area (Å²) in [6, 6.07) is 9.43. The molecule has 24 heavy (non-hydrogen) atoms. The third-order valence-electron chi connectivity index (χ3n) is 4.23. The number of aromatic nitrogens is 1. The lowest BCUT2D eigenvalue weighted by Gasteiger charge is -2.31. The zero-order valence-electron chi connectivity index (χ0n) is 13.5. The number of nitrogens with one attached hydrogen (secondary N) is 1. The van der Waals surface area contributed by atoms with E-state index in [0.717, 1.165) is 23.4 Å². The lowest BCUT2D eigenvalue weighted by molar-refractivity contribution is 0.0850. The molecule has 1 fully saturated rings. The van der Waals surface area contributed by atoms with Gasteiger partial charge in [0.2, 0.25) is 0 Å². The van der Waals surface area contributed by atoms with Crippen molar-refractivity contribution in [1.82, 2.24) is 15.2 Å². The number of rotatable bonds is 5. The summed E-state index contributed by atoms with van der Waals surface area (Å²) >= 11 is 1.47. The third kappa shape index (κ3) is 4.20. The van der Waals surface area contributed by atoms with E-state index in [-0.39, 0.29) is 17.7 Å². The second kappa shape index (κ2) is 8.06. The molecule has 0 saturated carbocycles. The largest absolute Gasteiger partial charge is 0.338 e. The van der Waals surface area contributed by atoms with Gasteiger partial charge in [0.05, 0.1) is 4.88 Å². The van der Waals surface area contributed by atoms with Crippen LogP contribution in [0, 0.1) is 5.92 Å². The molecule has 1 unspecified atom stereocenters. The molecule has 0 aromatic carbocycles. The Hall–Kier alpha value is -2.21. The zero-order valence-corrected chi connectivity index (χ0v) is 14.3. The van der Waals surface area contributed by atoms with E-state index in [1.54, 1.807) is 11.1 Å². The van der Waals surface area contributed by atoms with Crippen LogP contribution in [0.1, 0.15) is 28.2 Å². The number of ketones is 1. The standard InChI is InChI=1S/C18H21N3O2S/c22-17(16-7-4-12-24-16)14-5-3-11-21(13-14)18(23)20-10-8-15-6-1-2-9-19-15/h1-2,4,6-7,9,12,14H,3,5,8,10-11,13H2,(H,20,23). The van der Waals surface area contributed by atoms with E-state index in [1.165, 1.54) is 11.3 Å². The molecule has 1 atom stereocenters. The van der Waals surface area contributed by atoms with Crippen molar-refractivity contribution in [3.05, 3.63) is 52.5 Å². The third-order valence-corrected chi connectivity index (χ3v) is 5.11. The monoisotopic (exact) mass is 343 g/mol. The molecule has 1 N–H and O–H groups in total. The number of hydrogen-bond acceptors (Lipinski definition) is 4. The summed E-state index contributed by atoms with van der Waals surface area (Å²) in [6.07, 6.45) is 4.18. The normalized spacial score (nSPS) is 17.5. The van der Waals surface area contributed by atoms with Crippen LogP contribution in [0.2, 0.25) is 0 Å². The molecule has 3 heterocycles. The van der Waals surface area contributed by atoms with Gasteiger partial charge >= 0.3 is 6.03 Å². The van der Waals surface area contributed by atoms with E-state index in [1.807, 2.05) is 35.7 Å². The first-order valence-corrected chi connectivity index (χ1v) is 9.12. The van der Waals surface area contributed by atoms with E-state index < -0.39 is 0 Å². The minimum atomic E-state index is -0.0883. The molecular weight excluding hydrogens is 322 g/mol. The minimum absolute atomic E-state index is 0.0843. The molecule has 3 rings (SSSR count). The van der Waals surface area contributed by atoms with Crippen molar-refractivity contribution in [2.24, 2.45) is 5.92 Å². The van der Waals surface area contributed by atoms with Crippen molar-refractivity contribution in [3.63, 3.8) is 0 Å². The van der Waals surface area contributed by atoms with Gasteiger partial charge in [-0.2, -0.15) is 0 Å². The van der Waals surface area contributed by atoms with E-state index in [0.29, 0.717) is 26.1 Å². The van der Waals surface area contributed by atoms with Crippen molar-refractivity contribution in [3.8, 4) is 0 Å². The van der Waals surface area contributed by atoms with E-state index >= 15 is 0 Å². The van der Waals surface area contributed by atoms with Crippen LogP contribution < -0.4 is 5.32 Å². The molecule has 1 saturated heterocycles. The van der Waals surface area contributed by atoms with Crippen molar-refractivity contribution in [1.29, 1.82) is 0 Å². The second-order valence-corrected chi connectivity index (χ2v) is 6.88. The number of Topliss-reactive ketones (excluding diaryl/α,β-unsaturated/α-hetero) is 1. The van der Waals surface area contributed by atoms with Gasteiger partial charge in [-0.25, -0.2) is 4.79 Å². The van der Waals surface area contributed by atoms with Crippen LogP contribution >= 0.6 is 11.3 Å². The van der Waals surface area contributed by atoms with Gasteiger partial charge in [-0.15, -0.1) is 11.3 Å². The summed E-state index contributed by atoms with van der Waals surface area (Å²) in [6.45, 7) is 1.77. The summed E-state index contributed by atoms with van der Waals surface area (Å²) in [5, 5.41) is 4.85. The molecule has 1 aliphatic rings. The van der Waals surface area contributed by atoms with Gasteiger partial charge in [-0.1, -0.05) is 12.1 Å². The number of thiophene rings is 1. The number of urea groups is 1. The van der Waals surface area contributed by atoms with Crippen LogP contribution in [0.4, 0.5) is 4.79 Å². The van der Waals surface area contributed by atoms with Crippen molar-refractivity contribution >= 4 is 23.2 Å². The predicted molar refractivity (Wildman–Crippen MR) is 94.3 cm³/mol. The first-order chi connectivity index (χ1) is 11.7. The Bertz CT molecular complexity index is 673. The molecule has 6 heteroatoms. The van der Waals surface area contributed by atoms with Gasteiger partial charge in [0.25, 0.3) is 0 Å². The molecular formula is C18H21N3O2S. The number of carbonyl (C=O) groups excluding carboxylic acids is 2. The topological polar surface area (TPSA) is 62.3 Å². The Kier molecular flexibility index (Phi) is 5.59. The lowest BCUT2D eigenvalue weighted by Crippen LogP contribution is -2.47. The maximum Gasteiger partial charge on any atom is 0.317 e. The molecule has 2 aromatic heterocycles. The Morgan fingerprint density at radius 1 is 1.29 bits per heavy atom. The van der Waals surface area contributed by atoms with Crippen LogP contribution in [0.25, 0.3) is 0 Å². The van der Waals surface area contributed by atoms with E-state index in [2.05, 4.69) is 10.3 Å². The predicted octanol–water partition coefficient (Wildman–Crippen LogP) is 2.99. The lowest BCUT2D eigenvalue weighted by atomic mass is 9.93. The average molecular weight is 343 g/mol. The zero-order chi connectivity index (χ0) is 16.8. The maximum atomic E-state index is 12.5. The molecule has 2 amide bonds. The van der Waals surface area contributed by atoms with Crippen molar-refractivity contribution in [2.45, 2.75) is 19.3 Å². The van der Waals surface area contributed by atoms with Crippen LogP contribution in [0.5, 0.6) is 0 Å². The highest BCUT2D eigenvalue weighted by Gasteiger charge is 2.29. The summed E-state index contributed by atoms with van der Waals surface area (Å²) < 4.78 is 0. The van der Waals surface area contributed by atoms with Crippen molar-refractivity contribution < 1.29 is 9.59 Å².